The highest BCUT2D eigenvalue weighted by Gasteiger charge is 2.38. The number of halogens is 3. The SMILES string of the molecule is C/C(=N/OS(=O)(=O)Cc1ccccc1)c1ccc(OCCCOc2ccc(/C(=N\OS(=O)(=O)Cc3ccccc3)C(F)(F)F)cc2)cc1. The van der Waals surface area contributed by atoms with E-state index in [1.54, 1.807) is 79.7 Å². The number of ether oxygens (including phenoxy) is 2. The molecule has 0 spiro atoms. The normalized spacial score (nSPS) is 12.8. The van der Waals surface area contributed by atoms with Gasteiger partial charge in [-0.15, -0.1) is 0 Å². The van der Waals surface area contributed by atoms with Gasteiger partial charge in [-0.2, -0.15) is 30.0 Å². The summed E-state index contributed by atoms with van der Waals surface area (Å²) in [5.41, 5.74) is -0.0129. The first-order chi connectivity index (χ1) is 22.8. The Bertz CT molecular complexity index is 1900. The number of benzene rings is 4. The van der Waals surface area contributed by atoms with Crippen LogP contribution < -0.4 is 9.47 Å². The lowest BCUT2D eigenvalue weighted by Gasteiger charge is -2.12. The fourth-order valence-electron chi connectivity index (χ4n) is 4.08. The van der Waals surface area contributed by atoms with Crippen molar-refractivity contribution in [1.82, 2.24) is 0 Å². The summed E-state index contributed by atoms with van der Waals surface area (Å²) in [7, 11) is -8.33. The average Bonchev–Trinajstić information content (AvgIpc) is 3.04. The van der Waals surface area contributed by atoms with Gasteiger partial charge in [0.15, 0.2) is 5.71 Å². The Kier molecular flexibility index (Phi) is 12.2. The molecular weight excluding hydrogens is 673 g/mol. The van der Waals surface area contributed by atoms with Crippen molar-refractivity contribution in [3.05, 3.63) is 131 Å². The summed E-state index contributed by atoms with van der Waals surface area (Å²) in [5.74, 6) is -0.122. The predicted octanol–water partition coefficient (Wildman–Crippen LogP) is 6.62. The molecule has 0 saturated carbocycles. The van der Waals surface area contributed by atoms with E-state index in [9.17, 15) is 30.0 Å². The van der Waals surface area contributed by atoms with Crippen LogP contribution in [0.15, 0.2) is 120 Å². The van der Waals surface area contributed by atoms with Crippen LogP contribution in [0.2, 0.25) is 0 Å². The summed E-state index contributed by atoms with van der Waals surface area (Å²) < 4.78 is 110. The molecule has 4 aromatic carbocycles. The minimum atomic E-state index is -4.98. The Hall–Kier alpha value is -4.89. The van der Waals surface area contributed by atoms with Crippen LogP contribution in [0.25, 0.3) is 0 Å². The van der Waals surface area contributed by atoms with E-state index in [1.165, 1.54) is 24.3 Å². The average molecular weight is 705 g/mol. The highest BCUT2D eigenvalue weighted by atomic mass is 32.2. The van der Waals surface area contributed by atoms with Crippen molar-refractivity contribution in [2.45, 2.75) is 31.0 Å². The molecule has 0 amide bonds. The topological polar surface area (TPSA) is 130 Å². The van der Waals surface area contributed by atoms with Crippen LogP contribution in [0.3, 0.4) is 0 Å². The first-order valence-electron chi connectivity index (χ1n) is 14.4. The van der Waals surface area contributed by atoms with Crippen molar-refractivity contribution in [1.29, 1.82) is 0 Å². The minimum Gasteiger partial charge on any atom is -0.493 e. The van der Waals surface area contributed by atoms with Gasteiger partial charge in [0.1, 0.15) is 23.0 Å². The molecule has 0 aliphatic heterocycles. The van der Waals surface area contributed by atoms with Crippen molar-refractivity contribution in [2.75, 3.05) is 13.2 Å². The highest BCUT2D eigenvalue weighted by Crippen LogP contribution is 2.25. The van der Waals surface area contributed by atoms with Gasteiger partial charge in [-0.05, 0) is 72.1 Å². The number of hydrogen-bond donors (Lipinski definition) is 0. The Morgan fingerprint density at radius 3 is 1.46 bits per heavy atom. The molecule has 0 fully saturated rings. The van der Waals surface area contributed by atoms with Crippen LogP contribution in [0, 0.1) is 0 Å². The zero-order valence-electron chi connectivity index (χ0n) is 25.5. The summed E-state index contributed by atoms with van der Waals surface area (Å²) in [4.78, 5) is 0. The first kappa shape index (κ1) is 36.0. The quantitative estimate of drug-likeness (QED) is 0.0723. The van der Waals surface area contributed by atoms with Gasteiger partial charge in [-0.25, -0.2) is 0 Å². The zero-order chi connectivity index (χ0) is 34.6. The molecule has 0 saturated heterocycles. The van der Waals surface area contributed by atoms with Crippen LogP contribution in [-0.4, -0.2) is 47.6 Å². The second kappa shape index (κ2) is 16.3. The van der Waals surface area contributed by atoms with Crippen LogP contribution >= 0.6 is 0 Å². The summed E-state index contributed by atoms with van der Waals surface area (Å²) in [6.45, 7) is 2.07. The lowest BCUT2D eigenvalue weighted by Crippen LogP contribution is -2.25. The van der Waals surface area contributed by atoms with Gasteiger partial charge in [0.2, 0.25) is 0 Å². The third-order valence-electron chi connectivity index (χ3n) is 6.40. The molecule has 0 bridgehead atoms. The van der Waals surface area contributed by atoms with Crippen LogP contribution in [0.5, 0.6) is 11.5 Å². The van der Waals surface area contributed by atoms with Gasteiger partial charge < -0.3 is 9.47 Å². The monoisotopic (exact) mass is 704 g/mol. The second-order valence-corrected chi connectivity index (χ2v) is 13.3. The van der Waals surface area contributed by atoms with E-state index in [4.69, 9.17) is 13.8 Å². The van der Waals surface area contributed by atoms with E-state index in [0.29, 0.717) is 34.6 Å². The van der Waals surface area contributed by atoms with E-state index in [2.05, 4.69) is 14.6 Å². The van der Waals surface area contributed by atoms with Gasteiger partial charge in [0, 0.05) is 12.0 Å². The van der Waals surface area contributed by atoms with Gasteiger partial charge in [-0.3, -0.25) is 8.57 Å². The molecular formula is C33H31F3N2O8S2. The van der Waals surface area contributed by atoms with E-state index < -0.39 is 43.4 Å². The molecule has 4 rings (SSSR count). The van der Waals surface area contributed by atoms with Gasteiger partial charge in [0.25, 0.3) is 0 Å². The molecule has 0 aliphatic rings. The van der Waals surface area contributed by atoms with Crippen molar-refractivity contribution in [2.24, 2.45) is 10.3 Å². The van der Waals surface area contributed by atoms with Crippen LogP contribution in [0.4, 0.5) is 13.2 Å². The number of rotatable bonds is 16. The van der Waals surface area contributed by atoms with Crippen molar-refractivity contribution in [3.8, 4) is 11.5 Å². The molecule has 0 unspecified atom stereocenters. The van der Waals surface area contributed by atoms with Gasteiger partial charge >= 0.3 is 26.4 Å². The molecule has 0 aliphatic carbocycles. The summed E-state index contributed by atoms with van der Waals surface area (Å²) in [5, 5.41) is 6.68. The highest BCUT2D eigenvalue weighted by molar-refractivity contribution is 7.86. The smallest absolute Gasteiger partial charge is 0.437 e. The third kappa shape index (κ3) is 11.7. The van der Waals surface area contributed by atoms with Gasteiger partial charge in [-0.1, -0.05) is 71.0 Å². The zero-order valence-corrected chi connectivity index (χ0v) is 27.2. The van der Waals surface area contributed by atoms with Crippen molar-refractivity contribution < 1.29 is 48.0 Å². The predicted molar refractivity (Wildman–Crippen MR) is 174 cm³/mol. The summed E-state index contributed by atoms with van der Waals surface area (Å²) in [6, 6.07) is 28.0. The fourth-order valence-corrected chi connectivity index (χ4v) is 5.80. The number of alkyl halides is 3. The Morgan fingerprint density at radius 2 is 1.02 bits per heavy atom. The molecule has 0 radical (unpaired) electrons. The summed E-state index contributed by atoms with van der Waals surface area (Å²) >= 11 is 0. The van der Waals surface area contributed by atoms with E-state index >= 15 is 0 Å². The Morgan fingerprint density at radius 1 is 0.604 bits per heavy atom. The maximum atomic E-state index is 13.7. The molecule has 254 valence electrons. The maximum Gasteiger partial charge on any atom is 0.437 e. The third-order valence-corrected chi connectivity index (χ3v) is 8.37. The fraction of sp³-hybridized carbons (Fsp3) is 0.212. The van der Waals surface area contributed by atoms with E-state index in [1.807, 2.05) is 0 Å². The van der Waals surface area contributed by atoms with Crippen LogP contribution in [-0.2, 0) is 40.3 Å². The number of hydrogen-bond acceptors (Lipinski definition) is 10. The molecule has 0 heterocycles. The van der Waals surface area contributed by atoms with Crippen molar-refractivity contribution in [3.63, 3.8) is 0 Å². The molecule has 15 heteroatoms. The Labute approximate surface area is 276 Å². The summed E-state index contributed by atoms with van der Waals surface area (Å²) in [6.07, 6.45) is -4.54. The lowest BCUT2D eigenvalue weighted by molar-refractivity contribution is -0.0597. The molecule has 4 aromatic rings. The largest absolute Gasteiger partial charge is 0.493 e. The maximum absolute atomic E-state index is 13.7. The molecule has 48 heavy (non-hydrogen) atoms. The molecule has 0 aromatic heterocycles. The molecule has 0 atom stereocenters. The Balaban J connectivity index is 1.22. The van der Waals surface area contributed by atoms with Crippen LogP contribution in [0.1, 0.15) is 35.6 Å². The molecule has 0 N–H and O–H groups in total. The van der Waals surface area contributed by atoms with Gasteiger partial charge in [0.05, 0.1) is 18.9 Å². The molecule has 10 nitrogen and oxygen atoms in total. The lowest BCUT2D eigenvalue weighted by atomic mass is 10.1. The first-order valence-corrected chi connectivity index (χ1v) is 17.5. The standard InChI is InChI=1S/C33H31F3N2O8S2/c1-25(37-45-47(39,40)23-26-9-4-2-5-10-26)28-13-17-30(18-14-28)43-21-8-22-44-31-19-15-29(16-20-31)32(33(34,35)36)38-46-48(41,42)24-27-11-6-3-7-12-27/h2-7,9-20H,8,21-24H2,1H3/b37-25-,38-32+. The number of oxime groups is 2. The van der Waals surface area contributed by atoms with E-state index in [-0.39, 0.29) is 24.7 Å². The minimum absolute atomic E-state index is 0.194. The number of nitrogens with zero attached hydrogens (tertiary/aromatic N) is 2. The second-order valence-electron chi connectivity index (χ2n) is 10.2. The van der Waals surface area contributed by atoms with E-state index in [0.717, 1.165) is 12.1 Å². The van der Waals surface area contributed by atoms with Crippen molar-refractivity contribution >= 4 is 31.7 Å².